The topological polar surface area (TPSA) is 59.6 Å². The van der Waals surface area contributed by atoms with E-state index < -0.39 is 0 Å². The Kier molecular flexibility index (Phi) is 4.49. The van der Waals surface area contributed by atoms with Crippen LogP contribution in [0.1, 0.15) is 19.3 Å². The van der Waals surface area contributed by atoms with Gasteiger partial charge in [0.15, 0.2) is 0 Å². The lowest BCUT2D eigenvalue weighted by molar-refractivity contribution is -0.120. The molecule has 0 aliphatic heterocycles. The number of ether oxygens (including phenoxy) is 2. The number of hydrogen-bond acceptors (Lipinski definition) is 4. The molecule has 0 spiro atoms. The summed E-state index contributed by atoms with van der Waals surface area (Å²) in [5, 5.41) is 6.15. The lowest BCUT2D eigenvalue weighted by Gasteiger charge is -2.12. The van der Waals surface area contributed by atoms with E-state index in [4.69, 9.17) is 9.47 Å². The van der Waals surface area contributed by atoms with E-state index in [1.807, 2.05) is 18.2 Å². The predicted octanol–water partition coefficient (Wildman–Crippen LogP) is 1.78. The summed E-state index contributed by atoms with van der Waals surface area (Å²) in [7, 11) is 3.24. The second kappa shape index (κ2) is 6.31. The van der Waals surface area contributed by atoms with Gasteiger partial charge in [-0.1, -0.05) is 0 Å². The number of anilines is 1. The molecular weight excluding hydrogens is 244 g/mol. The van der Waals surface area contributed by atoms with Gasteiger partial charge in [-0.05, 0) is 25.0 Å². The van der Waals surface area contributed by atoms with Gasteiger partial charge in [0.05, 0.1) is 19.9 Å². The van der Waals surface area contributed by atoms with Crippen LogP contribution in [-0.2, 0) is 4.79 Å². The standard InChI is InChI=1S/C14H20N2O3/c1-18-11-5-6-13(19-2)12(9-11)15-8-7-14(17)16-10-3-4-10/h5-6,9-10,15H,3-4,7-8H2,1-2H3,(H,16,17). The Labute approximate surface area is 113 Å². The molecular formula is C14H20N2O3. The molecule has 1 fully saturated rings. The van der Waals surface area contributed by atoms with Crippen LogP contribution in [-0.4, -0.2) is 32.7 Å². The quantitative estimate of drug-likeness (QED) is 0.788. The fourth-order valence-electron chi connectivity index (χ4n) is 1.79. The minimum atomic E-state index is 0.0943. The van der Waals surface area contributed by atoms with Gasteiger partial charge in [0.2, 0.25) is 5.91 Å². The lowest BCUT2D eigenvalue weighted by Crippen LogP contribution is -2.27. The molecule has 2 rings (SSSR count). The van der Waals surface area contributed by atoms with Crippen LogP contribution in [0, 0.1) is 0 Å². The highest BCUT2D eigenvalue weighted by molar-refractivity contribution is 5.77. The summed E-state index contributed by atoms with van der Waals surface area (Å²) >= 11 is 0. The van der Waals surface area contributed by atoms with Crippen molar-refractivity contribution in [1.29, 1.82) is 0 Å². The van der Waals surface area contributed by atoms with E-state index >= 15 is 0 Å². The fraction of sp³-hybridized carbons (Fsp3) is 0.500. The molecule has 1 aromatic rings. The van der Waals surface area contributed by atoms with E-state index in [1.165, 1.54) is 0 Å². The Bertz CT molecular complexity index is 444. The summed E-state index contributed by atoms with van der Waals surface area (Å²) in [6, 6.07) is 5.95. The van der Waals surface area contributed by atoms with Crippen LogP contribution in [0.25, 0.3) is 0 Å². The summed E-state index contributed by atoms with van der Waals surface area (Å²) in [5.74, 6) is 1.59. The van der Waals surface area contributed by atoms with Crippen LogP contribution in [0.15, 0.2) is 18.2 Å². The van der Waals surface area contributed by atoms with Gasteiger partial charge in [0, 0.05) is 25.1 Å². The molecule has 1 aliphatic carbocycles. The zero-order chi connectivity index (χ0) is 13.7. The van der Waals surface area contributed by atoms with Gasteiger partial charge >= 0.3 is 0 Å². The van der Waals surface area contributed by atoms with Crippen molar-refractivity contribution in [1.82, 2.24) is 5.32 Å². The molecule has 1 saturated carbocycles. The summed E-state index contributed by atoms with van der Waals surface area (Å²) in [6.07, 6.45) is 2.68. The van der Waals surface area contributed by atoms with E-state index in [2.05, 4.69) is 10.6 Å². The maximum absolute atomic E-state index is 11.6. The smallest absolute Gasteiger partial charge is 0.221 e. The van der Waals surface area contributed by atoms with Gasteiger partial charge in [-0.25, -0.2) is 0 Å². The van der Waals surface area contributed by atoms with Crippen molar-refractivity contribution in [2.75, 3.05) is 26.1 Å². The normalized spacial score (nSPS) is 13.8. The van der Waals surface area contributed by atoms with Gasteiger partial charge in [-0.3, -0.25) is 4.79 Å². The van der Waals surface area contributed by atoms with Gasteiger partial charge in [-0.15, -0.1) is 0 Å². The van der Waals surface area contributed by atoms with Crippen LogP contribution >= 0.6 is 0 Å². The van der Waals surface area contributed by atoms with Crippen molar-refractivity contribution >= 4 is 11.6 Å². The lowest BCUT2D eigenvalue weighted by atomic mass is 10.2. The van der Waals surface area contributed by atoms with Crippen LogP contribution in [0.3, 0.4) is 0 Å². The third-order valence-corrected chi connectivity index (χ3v) is 3.02. The average molecular weight is 264 g/mol. The highest BCUT2D eigenvalue weighted by Gasteiger charge is 2.22. The molecule has 104 valence electrons. The van der Waals surface area contributed by atoms with Crippen molar-refractivity contribution in [3.63, 3.8) is 0 Å². The Hall–Kier alpha value is -1.91. The summed E-state index contributed by atoms with van der Waals surface area (Å²) in [6.45, 7) is 0.572. The van der Waals surface area contributed by atoms with Gasteiger partial charge in [0.25, 0.3) is 0 Å². The number of nitrogens with one attached hydrogen (secondary N) is 2. The van der Waals surface area contributed by atoms with Crippen molar-refractivity contribution in [3.8, 4) is 11.5 Å². The van der Waals surface area contributed by atoms with E-state index in [0.29, 0.717) is 19.0 Å². The second-order valence-corrected chi connectivity index (χ2v) is 4.58. The molecule has 1 aromatic carbocycles. The van der Waals surface area contributed by atoms with Crippen molar-refractivity contribution in [2.24, 2.45) is 0 Å². The minimum Gasteiger partial charge on any atom is -0.497 e. The Morgan fingerprint density at radius 2 is 2.11 bits per heavy atom. The molecule has 0 heterocycles. The largest absolute Gasteiger partial charge is 0.497 e. The van der Waals surface area contributed by atoms with E-state index in [9.17, 15) is 4.79 Å². The molecule has 0 unspecified atom stereocenters. The zero-order valence-corrected chi connectivity index (χ0v) is 11.4. The van der Waals surface area contributed by atoms with E-state index in [-0.39, 0.29) is 5.91 Å². The molecule has 1 amide bonds. The molecule has 1 aliphatic rings. The number of carbonyl (C=O) groups excluding carboxylic acids is 1. The van der Waals surface area contributed by atoms with E-state index in [0.717, 1.165) is 30.0 Å². The Morgan fingerprint density at radius 1 is 1.32 bits per heavy atom. The highest BCUT2D eigenvalue weighted by atomic mass is 16.5. The molecule has 5 heteroatoms. The Morgan fingerprint density at radius 3 is 2.74 bits per heavy atom. The molecule has 0 bridgehead atoms. The first-order valence-corrected chi connectivity index (χ1v) is 6.48. The van der Waals surface area contributed by atoms with Crippen molar-refractivity contribution in [3.05, 3.63) is 18.2 Å². The van der Waals surface area contributed by atoms with Crippen molar-refractivity contribution < 1.29 is 14.3 Å². The number of rotatable bonds is 7. The Balaban J connectivity index is 1.84. The number of benzene rings is 1. The first-order valence-electron chi connectivity index (χ1n) is 6.48. The van der Waals surface area contributed by atoms with Crippen molar-refractivity contribution in [2.45, 2.75) is 25.3 Å². The summed E-state index contributed by atoms with van der Waals surface area (Å²) in [5.41, 5.74) is 0.834. The molecule has 0 aromatic heterocycles. The fourth-order valence-corrected chi connectivity index (χ4v) is 1.79. The average Bonchev–Trinajstić information content (AvgIpc) is 3.22. The molecule has 5 nitrogen and oxygen atoms in total. The number of hydrogen-bond donors (Lipinski definition) is 2. The molecule has 0 atom stereocenters. The molecule has 0 saturated heterocycles. The van der Waals surface area contributed by atoms with Crippen LogP contribution < -0.4 is 20.1 Å². The SMILES string of the molecule is COc1ccc(OC)c(NCCC(=O)NC2CC2)c1. The second-order valence-electron chi connectivity index (χ2n) is 4.58. The van der Waals surface area contributed by atoms with Crippen LogP contribution in [0.5, 0.6) is 11.5 Å². The maximum Gasteiger partial charge on any atom is 0.221 e. The molecule has 2 N–H and O–H groups in total. The highest BCUT2D eigenvalue weighted by Crippen LogP contribution is 2.28. The first kappa shape index (κ1) is 13.5. The first-order chi connectivity index (χ1) is 9.22. The molecule has 0 radical (unpaired) electrons. The van der Waals surface area contributed by atoms with Crippen LogP contribution in [0.4, 0.5) is 5.69 Å². The molecule has 19 heavy (non-hydrogen) atoms. The third kappa shape index (κ3) is 4.05. The third-order valence-electron chi connectivity index (χ3n) is 3.02. The summed E-state index contributed by atoms with van der Waals surface area (Å²) in [4.78, 5) is 11.6. The number of methoxy groups -OCH3 is 2. The number of amides is 1. The van der Waals surface area contributed by atoms with Gasteiger partial charge < -0.3 is 20.1 Å². The number of carbonyl (C=O) groups is 1. The minimum absolute atomic E-state index is 0.0943. The van der Waals surface area contributed by atoms with Crippen LogP contribution in [0.2, 0.25) is 0 Å². The summed E-state index contributed by atoms with van der Waals surface area (Å²) < 4.78 is 10.4. The van der Waals surface area contributed by atoms with Gasteiger partial charge in [0.1, 0.15) is 11.5 Å². The van der Waals surface area contributed by atoms with Gasteiger partial charge in [-0.2, -0.15) is 0 Å². The maximum atomic E-state index is 11.6. The zero-order valence-electron chi connectivity index (χ0n) is 11.4. The van der Waals surface area contributed by atoms with E-state index in [1.54, 1.807) is 14.2 Å². The predicted molar refractivity (Wildman–Crippen MR) is 73.8 cm³/mol. The monoisotopic (exact) mass is 264 g/mol.